The zero-order chi connectivity index (χ0) is 16.3. The minimum Gasteiger partial charge on any atom is -0.289 e. The lowest BCUT2D eigenvalue weighted by molar-refractivity contribution is -0.125. The topological polar surface area (TPSA) is 92.3 Å². The third-order valence-electron chi connectivity index (χ3n) is 4.19. The second-order valence-corrected chi connectivity index (χ2v) is 5.69. The highest BCUT2D eigenvalue weighted by Gasteiger charge is 2.27. The number of amides is 4. The largest absolute Gasteiger partial charge is 0.289 e. The molecule has 0 aliphatic carbocycles. The molecule has 0 fully saturated rings. The van der Waals surface area contributed by atoms with E-state index in [0.717, 1.165) is 25.7 Å². The average molecular weight is 304 g/mol. The summed E-state index contributed by atoms with van der Waals surface area (Å²) in [5.41, 5.74) is 2.22. The van der Waals surface area contributed by atoms with Crippen LogP contribution in [0.25, 0.3) is 0 Å². The Morgan fingerprint density at radius 2 is 0.955 bits per heavy atom. The maximum atomic E-state index is 11.5. The molecule has 6 nitrogen and oxygen atoms in total. The van der Waals surface area contributed by atoms with Gasteiger partial charge in [-0.3, -0.25) is 29.8 Å². The van der Waals surface area contributed by atoms with Gasteiger partial charge in [-0.05, 0) is 39.5 Å². The molecule has 118 valence electrons. The molecule has 0 aromatic heterocycles. The molecule has 0 unspecified atom stereocenters. The van der Waals surface area contributed by atoms with Gasteiger partial charge in [0.15, 0.2) is 0 Å². The van der Waals surface area contributed by atoms with Crippen LogP contribution in [0.2, 0.25) is 0 Å². The SMILES string of the molecule is CC1=C(CCCCCCC2=C(C)C(=O)NC2=O)C(=O)NC1=O. The van der Waals surface area contributed by atoms with Crippen molar-refractivity contribution in [2.75, 3.05) is 0 Å². The lowest BCUT2D eigenvalue weighted by atomic mass is 10.0. The molecule has 0 aromatic carbocycles. The van der Waals surface area contributed by atoms with Crippen molar-refractivity contribution in [2.45, 2.75) is 52.4 Å². The third-order valence-corrected chi connectivity index (χ3v) is 4.19. The van der Waals surface area contributed by atoms with Gasteiger partial charge in [0, 0.05) is 22.3 Å². The predicted octanol–water partition coefficient (Wildman–Crippen LogP) is 1.27. The summed E-state index contributed by atoms with van der Waals surface area (Å²) in [7, 11) is 0. The number of carbonyl (C=O) groups is 4. The molecule has 2 N–H and O–H groups in total. The maximum absolute atomic E-state index is 11.5. The van der Waals surface area contributed by atoms with Crippen LogP contribution < -0.4 is 10.6 Å². The molecule has 0 bridgehead atoms. The Morgan fingerprint density at radius 3 is 1.23 bits per heavy atom. The van der Waals surface area contributed by atoms with E-state index >= 15 is 0 Å². The third kappa shape index (κ3) is 3.32. The van der Waals surface area contributed by atoms with Gasteiger partial charge in [0.25, 0.3) is 23.6 Å². The van der Waals surface area contributed by atoms with Gasteiger partial charge in [-0.25, -0.2) is 0 Å². The number of carbonyl (C=O) groups excluding carboxylic acids is 4. The monoisotopic (exact) mass is 304 g/mol. The van der Waals surface area contributed by atoms with Crippen molar-refractivity contribution in [3.05, 3.63) is 22.3 Å². The van der Waals surface area contributed by atoms with Crippen LogP contribution in [-0.2, 0) is 19.2 Å². The summed E-state index contributed by atoms with van der Waals surface area (Å²) in [6.45, 7) is 3.33. The van der Waals surface area contributed by atoms with Crippen LogP contribution in [-0.4, -0.2) is 23.6 Å². The minimum absolute atomic E-state index is 0.274. The van der Waals surface area contributed by atoms with Crippen molar-refractivity contribution in [3.63, 3.8) is 0 Å². The molecular weight excluding hydrogens is 284 g/mol. The summed E-state index contributed by atoms with van der Waals surface area (Å²) in [4.78, 5) is 45.6. The molecule has 2 rings (SSSR count). The van der Waals surface area contributed by atoms with Gasteiger partial charge in [-0.15, -0.1) is 0 Å². The molecule has 2 heterocycles. The highest BCUT2D eigenvalue weighted by atomic mass is 16.2. The Balaban J connectivity index is 1.69. The fourth-order valence-electron chi connectivity index (χ4n) is 2.72. The number of unbranched alkanes of at least 4 members (excludes halogenated alkanes) is 3. The van der Waals surface area contributed by atoms with E-state index in [2.05, 4.69) is 10.6 Å². The van der Waals surface area contributed by atoms with Crippen molar-refractivity contribution in [1.82, 2.24) is 10.6 Å². The van der Waals surface area contributed by atoms with Crippen LogP contribution in [0.4, 0.5) is 0 Å². The Bertz CT molecular complexity index is 560. The fourth-order valence-corrected chi connectivity index (χ4v) is 2.72. The summed E-state index contributed by atoms with van der Waals surface area (Å²) >= 11 is 0. The van der Waals surface area contributed by atoms with Gasteiger partial charge in [0.1, 0.15) is 0 Å². The van der Waals surface area contributed by atoms with E-state index in [0.29, 0.717) is 35.1 Å². The Hall–Kier alpha value is -2.24. The quantitative estimate of drug-likeness (QED) is 0.547. The van der Waals surface area contributed by atoms with Crippen molar-refractivity contribution in [2.24, 2.45) is 0 Å². The van der Waals surface area contributed by atoms with Gasteiger partial charge in [-0.2, -0.15) is 0 Å². The highest BCUT2D eigenvalue weighted by Crippen LogP contribution is 2.21. The van der Waals surface area contributed by atoms with Gasteiger partial charge in [0.05, 0.1) is 0 Å². The van der Waals surface area contributed by atoms with Crippen LogP contribution in [0.15, 0.2) is 22.3 Å². The molecule has 4 amide bonds. The predicted molar refractivity (Wildman–Crippen MR) is 79.4 cm³/mol. The fraction of sp³-hybridized carbons (Fsp3) is 0.500. The Labute approximate surface area is 129 Å². The molecule has 2 aliphatic heterocycles. The summed E-state index contributed by atoms with van der Waals surface area (Å²) < 4.78 is 0. The van der Waals surface area contributed by atoms with Crippen LogP contribution in [0, 0.1) is 0 Å². The summed E-state index contributed by atoms with van der Waals surface area (Å²) in [5, 5.41) is 4.57. The second kappa shape index (κ2) is 6.68. The smallest absolute Gasteiger partial charge is 0.254 e. The number of hydrogen-bond acceptors (Lipinski definition) is 4. The molecular formula is C16H20N2O4. The first-order chi connectivity index (χ1) is 10.4. The summed E-state index contributed by atoms with van der Waals surface area (Å²) in [5.74, 6) is -1.13. The lowest BCUT2D eigenvalue weighted by Gasteiger charge is -2.03. The Morgan fingerprint density at radius 1 is 0.591 bits per heavy atom. The average Bonchev–Trinajstić information content (AvgIpc) is 2.84. The standard InChI is InChI=1S/C16H20N2O4/c1-9-11(15(21)17-13(9)19)7-5-3-4-6-8-12-10(2)14(20)18-16(12)22/h3-8H2,1-2H3,(H,17,19,21)(H,18,20,22). The van der Waals surface area contributed by atoms with Crippen LogP contribution >= 0.6 is 0 Å². The summed E-state index contributed by atoms with van der Waals surface area (Å²) in [6.07, 6.45) is 4.70. The molecule has 0 spiro atoms. The first-order valence-electron chi connectivity index (χ1n) is 7.52. The number of imide groups is 2. The first kappa shape index (κ1) is 16.1. The molecule has 2 aliphatic rings. The van der Waals surface area contributed by atoms with Gasteiger partial charge in [0.2, 0.25) is 0 Å². The normalized spacial score (nSPS) is 18.5. The molecule has 22 heavy (non-hydrogen) atoms. The number of hydrogen-bond donors (Lipinski definition) is 2. The molecule has 0 saturated carbocycles. The van der Waals surface area contributed by atoms with Crippen LogP contribution in [0.1, 0.15) is 52.4 Å². The number of rotatable bonds is 7. The van der Waals surface area contributed by atoms with Crippen molar-refractivity contribution < 1.29 is 19.2 Å². The number of nitrogens with one attached hydrogen (secondary N) is 2. The van der Waals surface area contributed by atoms with E-state index in [1.54, 1.807) is 13.8 Å². The van der Waals surface area contributed by atoms with E-state index in [-0.39, 0.29) is 23.6 Å². The maximum Gasteiger partial charge on any atom is 0.254 e. The van der Waals surface area contributed by atoms with E-state index in [4.69, 9.17) is 0 Å². The zero-order valence-corrected chi connectivity index (χ0v) is 12.9. The second-order valence-electron chi connectivity index (χ2n) is 5.69. The van der Waals surface area contributed by atoms with Gasteiger partial charge in [-0.1, -0.05) is 12.8 Å². The van der Waals surface area contributed by atoms with E-state index in [1.165, 1.54) is 0 Å². The summed E-state index contributed by atoms with van der Waals surface area (Å²) in [6, 6.07) is 0. The molecule has 6 heteroatoms. The van der Waals surface area contributed by atoms with Gasteiger partial charge < -0.3 is 0 Å². The minimum atomic E-state index is -0.292. The Kier molecular flexibility index (Phi) is 4.90. The highest BCUT2D eigenvalue weighted by molar-refractivity contribution is 6.19. The molecule has 0 radical (unpaired) electrons. The van der Waals surface area contributed by atoms with E-state index in [1.807, 2.05) is 0 Å². The van der Waals surface area contributed by atoms with Crippen LogP contribution in [0.3, 0.4) is 0 Å². The van der Waals surface area contributed by atoms with E-state index < -0.39 is 0 Å². The molecule has 0 aromatic rings. The van der Waals surface area contributed by atoms with Crippen molar-refractivity contribution in [1.29, 1.82) is 0 Å². The lowest BCUT2D eigenvalue weighted by Crippen LogP contribution is -2.22. The van der Waals surface area contributed by atoms with Gasteiger partial charge >= 0.3 is 0 Å². The van der Waals surface area contributed by atoms with Crippen molar-refractivity contribution in [3.8, 4) is 0 Å². The van der Waals surface area contributed by atoms with E-state index in [9.17, 15) is 19.2 Å². The first-order valence-corrected chi connectivity index (χ1v) is 7.52. The molecule has 0 saturated heterocycles. The van der Waals surface area contributed by atoms with Crippen molar-refractivity contribution >= 4 is 23.6 Å². The molecule has 0 atom stereocenters. The van der Waals surface area contributed by atoms with Crippen LogP contribution in [0.5, 0.6) is 0 Å². The zero-order valence-electron chi connectivity index (χ0n) is 12.9.